The molecule has 2 heteroatoms. The van der Waals surface area contributed by atoms with Crippen LogP contribution in [-0.4, -0.2) is 12.4 Å². The molecule has 0 atom stereocenters. The first kappa shape index (κ1) is 15.6. The summed E-state index contributed by atoms with van der Waals surface area (Å²) in [6.07, 6.45) is 12.3. The first-order chi connectivity index (χ1) is 7.81. The molecule has 0 aliphatic carbocycles. The lowest BCUT2D eigenvalue weighted by Crippen LogP contribution is -1.99. The monoisotopic (exact) mass is 227 g/mol. The topological polar surface area (TPSA) is 37.0 Å². The average molecular weight is 227 g/mol. The largest absolute Gasteiger partial charge is 0.300 e. The summed E-state index contributed by atoms with van der Waals surface area (Å²) < 4.78 is 0. The Balaban J connectivity index is 3.01. The lowest BCUT2D eigenvalue weighted by molar-refractivity contribution is -0.120. The van der Waals surface area contributed by atoms with Gasteiger partial charge in [0.2, 0.25) is 0 Å². The third-order valence-corrected chi connectivity index (χ3v) is 2.94. The summed E-state index contributed by atoms with van der Waals surface area (Å²) in [5.41, 5.74) is 0. The van der Waals surface area contributed by atoms with Gasteiger partial charge in [0.05, 0.1) is 6.61 Å². The lowest BCUT2D eigenvalue weighted by atomic mass is 10.0. The molecule has 1 radical (unpaired) electrons. The second-order valence-electron chi connectivity index (χ2n) is 4.57. The maximum Gasteiger partial charge on any atom is 0.135 e. The van der Waals surface area contributed by atoms with E-state index in [-0.39, 0.29) is 18.8 Å². The Morgan fingerprint density at radius 3 is 1.75 bits per heavy atom. The SMILES string of the molecule is CCCCCCCCCCCC(=O)CC[O]. The zero-order valence-corrected chi connectivity index (χ0v) is 10.8. The summed E-state index contributed by atoms with van der Waals surface area (Å²) in [6.45, 7) is 2.00. The number of rotatable bonds is 12. The van der Waals surface area contributed by atoms with E-state index in [2.05, 4.69) is 6.92 Å². The van der Waals surface area contributed by atoms with Gasteiger partial charge in [0.1, 0.15) is 5.78 Å². The smallest absolute Gasteiger partial charge is 0.135 e. The van der Waals surface area contributed by atoms with E-state index >= 15 is 0 Å². The summed E-state index contributed by atoms with van der Waals surface area (Å²) in [4.78, 5) is 11.1. The highest BCUT2D eigenvalue weighted by atomic mass is 16.3. The van der Waals surface area contributed by atoms with Crippen molar-refractivity contribution < 1.29 is 9.90 Å². The zero-order chi connectivity index (χ0) is 12.1. The minimum absolute atomic E-state index is 0.151. The molecule has 0 amide bonds. The van der Waals surface area contributed by atoms with Gasteiger partial charge in [0, 0.05) is 12.8 Å². The molecule has 0 rings (SSSR count). The molecule has 0 bridgehead atoms. The third-order valence-electron chi connectivity index (χ3n) is 2.94. The Hall–Kier alpha value is -0.370. The van der Waals surface area contributed by atoms with Gasteiger partial charge in [0.15, 0.2) is 0 Å². The van der Waals surface area contributed by atoms with E-state index in [4.69, 9.17) is 0 Å². The van der Waals surface area contributed by atoms with Gasteiger partial charge in [-0.15, -0.1) is 0 Å². The van der Waals surface area contributed by atoms with Crippen LogP contribution in [0.5, 0.6) is 0 Å². The molecule has 0 fully saturated rings. The van der Waals surface area contributed by atoms with Crippen molar-refractivity contribution in [2.45, 2.75) is 77.6 Å². The normalized spacial score (nSPS) is 10.6. The van der Waals surface area contributed by atoms with Crippen molar-refractivity contribution in [3.63, 3.8) is 0 Å². The molecule has 0 aromatic rings. The second kappa shape index (κ2) is 12.7. The molecule has 0 saturated heterocycles. The van der Waals surface area contributed by atoms with E-state index in [0.29, 0.717) is 6.42 Å². The van der Waals surface area contributed by atoms with Crippen molar-refractivity contribution in [1.82, 2.24) is 0 Å². The third kappa shape index (κ3) is 11.7. The van der Waals surface area contributed by atoms with Crippen LogP contribution in [0.4, 0.5) is 0 Å². The van der Waals surface area contributed by atoms with Gasteiger partial charge in [-0.3, -0.25) is 4.79 Å². The Bertz CT molecular complexity index is 155. The predicted molar refractivity (Wildman–Crippen MR) is 67.0 cm³/mol. The summed E-state index contributed by atoms with van der Waals surface area (Å²) in [5, 5.41) is 10.2. The summed E-state index contributed by atoms with van der Waals surface area (Å²) in [5.74, 6) is 0.151. The molecule has 0 aliphatic heterocycles. The Morgan fingerprint density at radius 1 is 0.750 bits per heavy atom. The van der Waals surface area contributed by atoms with E-state index < -0.39 is 0 Å². The quantitative estimate of drug-likeness (QED) is 0.458. The van der Waals surface area contributed by atoms with E-state index in [0.717, 1.165) is 12.8 Å². The van der Waals surface area contributed by atoms with Gasteiger partial charge in [-0.25, -0.2) is 5.11 Å². The van der Waals surface area contributed by atoms with Crippen molar-refractivity contribution in [2.24, 2.45) is 0 Å². The van der Waals surface area contributed by atoms with Crippen molar-refractivity contribution >= 4 is 5.78 Å². The van der Waals surface area contributed by atoms with Gasteiger partial charge in [-0.1, -0.05) is 58.3 Å². The number of hydrogen-bond acceptors (Lipinski definition) is 1. The number of hydrogen-bond donors (Lipinski definition) is 0. The molecule has 0 N–H and O–H groups in total. The fourth-order valence-corrected chi connectivity index (χ4v) is 1.87. The molecule has 16 heavy (non-hydrogen) atoms. The van der Waals surface area contributed by atoms with Gasteiger partial charge < -0.3 is 0 Å². The number of Topliss-reactive ketones (excluding diaryl/α,β-unsaturated/α-hetero) is 1. The lowest BCUT2D eigenvalue weighted by Gasteiger charge is -2.01. The van der Waals surface area contributed by atoms with Crippen molar-refractivity contribution in [3.8, 4) is 0 Å². The summed E-state index contributed by atoms with van der Waals surface area (Å²) >= 11 is 0. The van der Waals surface area contributed by atoms with Crippen LogP contribution in [0.2, 0.25) is 0 Å². The number of carbonyl (C=O) groups excluding carboxylic acids is 1. The first-order valence-electron chi connectivity index (χ1n) is 6.91. The van der Waals surface area contributed by atoms with Crippen LogP contribution in [0.25, 0.3) is 0 Å². The van der Waals surface area contributed by atoms with E-state index in [9.17, 15) is 9.90 Å². The van der Waals surface area contributed by atoms with Crippen LogP contribution in [0, 0.1) is 0 Å². The second-order valence-corrected chi connectivity index (χ2v) is 4.57. The summed E-state index contributed by atoms with van der Waals surface area (Å²) in [6, 6.07) is 0. The van der Waals surface area contributed by atoms with Crippen molar-refractivity contribution in [2.75, 3.05) is 6.61 Å². The molecule has 0 aromatic heterocycles. The highest BCUT2D eigenvalue weighted by Crippen LogP contribution is 2.10. The van der Waals surface area contributed by atoms with Crippen LogP contribution < -0.4 is 0 Å². The molecule has 2 nitrogen and oxygen atoms in total. The highest BCUT2D eigenvalue weighted by molar-refractivity contribution is 5.78. The predicted octanol–water partition coefficient (Wildman–Crippen LogP) is 4.30. The highest BCUT2D eigenvalue weighted by Gasteiger charge is 2.00. The van der Waals surface area contributed by atoms with Crippen LogP contribution in [0.3, 0.4) is 0 Å². The van der Waals surface area contributed by atoms with Crippen LogP contribution >= 0.6 is 0 Å². The standard InChI is InChI=1S/C14H27O2/c1-2-3-4-5-6-7-8-9-10-11-14(16)12-13-15/h2-13H2,1H3. The minimum atomic E-state index is -0.240. The van der Waals surface area contributed by atoms with Gasteiger partial charge in [0.25, 0.3) is 0 Å². The number of unbranched alkanes of at least 4 members (excludes halogenated alkanes) is 8. The van der Waals surface area contributed by atoms with E-state index in [1.54, 1.807) is 0 Å². The van der Waals surface area contributed by atoms with Gasteiger partial charge >= 0.3 is 0 Å². The van der Waals surface area contributed by atoms with Crippen LogP contribution in [0.1, 0.15) is 77.6 Å². The fourth-order valence-electron chi connectivity index (χ4n) is 1.87. The molecular weight excluding hydrogens is 200 g/mol. The van der Waals surface area contributed by atoms with Crippen molar-refractivity contribution in [3.05, 3.63) is 0 Å². The average Bonchev–Trinajstić information content (AvgIpc) is 2.27. The molecule has 0 aromatic carbocycles. The van der Waals surface area contributed by atoms with E-state index in [1.165, 1.54) is 44.9 Å². The zero-order valence-electron chi connectivity index (χ0n) is 10.8. The Labute approximate surface area is 100 Å². The molecule has 0 unspecified atom stereocenters. The maximum atomic E-state index is 11.1. The number of carbonyl (C=O) groups is 1. The molecule has 0 heterocycles. The molecular formula is C14H27O2. The van der Waals surface area contributed by atoms with Gasteiger partial charge in [-0.2, -0.15) is 0 Å². The fraction of sp³-hybridized carbons (Fsp3) is 0.929. The minimum Gasteiger partial charge on any atom is -0.300 e. The number of ketones is 1. The molecule has 0 aliphatic rings. The van der Waals surface area contributed by atoms with Gasteiger partial charge in [-0.05, 0) is 6.42 Å². The van der Waals surface area contributed by atoms with Crippen LogP contribution in [0.15, 0.2) is 0 Å². The van der Waals surface area contributed by atoms with Crippen molar-refractivity contribution in [1.29, 1.82) is 0 Å². The molecule has 95 valence electrons. The Kier molecular flexibility index (Phi) is 12.4. The van der Waals surface area contributed by atoms with E-state index in [1.807, 2.05) is 0 Å². The maximum absolute atomic E-state index is 11.1. The summed E-state index contributed by atoms with van der Waals surface area (Å²) in [7, 11) is 0. The van der Waals surface area contributed by atoms with Crippen LogP contribution in [-0.2, 0) is 9.90 Å². The Morgan fingerprint density at radius 2 is 1.25 bits per heavy atom. The molecule has 0 spiro atoms. The first-order valence-corrected chi connectivity index (χ1v) is 6.91. The molecule has 0 saturated carbocycles.